The van der Waals surface area contributed by atoms with E-state index in [0.29, 0.717) is 11.6 Å². The van der Waals surface area contributed by atoms with Crippen molar-refractivity contribution in [3.05, 3.63) is 70.7 Å². The molecule has 2 aromatic rings. The van der Waals surface area contributed by atoms with Gasteiger partial charge in [0.15, 0.2) is 6.10 Å². The minimum absolute atomic E-state index is 0.159. The predicted octanol–water partition coefficient (Wildman–Crippen LogP) is 3.34. The molecule has 0 bridgehead atoms. The van der Waals surface area contributed by atoms with Crippen LogP contribution in [0.4, 0.5) is 0 Å². The number of halogens is 1. The van der Waals surface area contributed by atoms with Crippen molar-refractivity contribution < 1.29 is 9.53 Å². The van der Waals surface area contributed by atoms with Crippen LogP contribution >= 0.6 is 11.6 Å². The number of rotatable bonds is 5. The third-order valence-electron chi connectivity index (χ3n) is 2.96. The molecule has 20 heavy (non-hydrogen) atoms. The van der Waals surface area contributed by atoms with Gasteiger partial charge in [0.2, 0.25) is 0 Å². The van der Waals surface area contributed by atoms with Crippen molar-refractivity contribution in [2.45, 2.75) is 12.6 Å². The Morgan fingerprint density at radius 1 is 1.15 bits per heavy atom. The molecule has 3 nitrogen and oxygen atoms in total. The van der Waals surface area contributed by atoms with E-state index in [9.17, 15) is 4.79 Å². The summed E-state index contributed by atoms with van der Waals surface area (Å²) < 4.78 is 5.27. The Bertz CT molecular complexity index is 554. The highest BCUT2D eigenvalue weighted by molar-refractivity contribution is 6.30. The largest absolute Gasteiger partial charge is 0.367 e. The Morgan fingerprint density at radius 3 is 2.40 bits per heavy atom. The lowest BCUT2D eigenvalue weighted by Gasteiger charge is -2.15. The standard InChI is InChI=1S/C16H16ClNO2/c1-20-15(13-5-3-2-4-6-13)16(19)18-11-12-7-9-14(17)10-8-12/h2-10,15H,11H2,1H3,(H,18,19)/t15-/m0/s1. The van der Waals surface area contributed by atoms with Gasteiger partial charge in [-0.05, 0) is 23.3 Å². The second-order valence-corrected chi connectivity index (χ2v) is 4.81. The van der Waals surface area contributed by atoms with E-state index in [0.717, 1.165) is 11.1 Å². The third kappa shape index (κ3) is 3.83. The molecule has 0 aliphatic carbocycles. The average molecular weight is 290 g/mol. The summed E-state index contributed by atoms with van der Waals surface area (Å²) in [6.45, 7) is 0.447. The molecule has 0 saturated carbocycles. The van der Waals surface area contributed by atoms with Crippen LogP contribution in [-0.4, -0.2) is 13.0 Å². The Balaban J connectivity index is 1.98. The monoisotopic (exact) mass is 289 g/mol. The molecular weight excluding hydrogens is 274 g/mol. The van der Waals surface area contributed by atoms with E-state index in [1.54, 1.807) is 12.1 Å². The fraction of sp³-hybridized carbons (Fsp3) is 0.188. The van der Waals surface area contributed by atoms with Crippen LogP contribution in [0, 0.1) is 0 Å². The number of hydrogen-bond donors (Lipinski definition) is 1. The molecule has 0 aliphatic heterocycles. The summed E-state index contributed by atoms with van der Waals surface area (Å²) in [5, 5.41) is 3.54. The summed E-state index contributed by atoms with van der Waals surface area (Å²) in [7, 11) is 1.53. The zero-order valence-electron chi connectivity index (χ0n) is 11.2. The summed E-state index contributed by atoms with van der Waals surface area (Å²) in [6.07, 6.45) is -0.594. The smallest absolute Gasteiger partial charge is 0.254 e. The fourth-order valence-electron chi connectivity index (χ4n) is 1.91. The van der Waals surface area contributed by atoms with E-state index >= 15 is 0 Å². The second kappa shape index (κ2) is 7.08. The van der Waals surface area contributed by atoms with Gasteiger partial charge in [0.25, 0.3) is 5.91 Å². The Hall–Kier alpha value is -1.84. The number of methoxy groups -OCH3 is 1. The number of amides is 1. The van der Waals surface area contributed by atoms with Crippen LogP contribution in [0.15, 0.2) is 54.6 Å². The van der Waals surface area contributed by atoms with Gasteiger partial charge in [0, 0.05) is 18.7 Å². The minimum Gasteiger partial charge on any atom is -0.367 e. The molecule has 2 aromatic carbocycles. The quantitative estimate of drug-likeness (QED) is 0.917. The molecule has 2 rings (SSSR count). The first kappa shape index (κ1) is 14.6. The molecule has 4 heteroatoms. The van der Waals surface area contributed by atoms with Crippen LogP contribution in [0.2, 0.25) is 5.02 Å². The summed E-state index contributed by atoms with van der Waals surface area (Å²) in [5.74, 6) is -0.159. The zero-order valence-corrected chi connectivity index (χ0v) is 11.9. The number of carbonyl (C=O) groups excluding carboxylic acids is 1. The fourth-order valence-corrected chi connectivity index (χ4v) is 2.03. The maximum atomic E-state index is 12.2. The molecule has 0 saturated heterocycles. The van der Waals surface area contributed by atoms with Crippen LogP contribution in [-0.2, 0) is 16.1 Å². The topological polar surface area (TPSA) is 38.3 Å². The molecule has 0 aromatic heterocycles. The molecule has 104 valence electrons. The van der Waals surface area contributed by atoms with Gasteiger partial charge in [-0.3, -0.25) is 4.79 Å². The zero-order chi connectivity index (χ0) is 14.4. The van der Waals surface area contributed by atoms with Crippen LogP contribution in [0.1, 0.15) is 17.2 Å². The van der Waals surface area contributed by atoms with E-state index in [1.807, 2.05) is 42.5 Å². The maximum Gasteiger partial charge on any atom is 0.254 e. The molecule has 0 fully saturated rings. The second-order valence-electron chi connectivity index (χ2n) is 4.37. The van der Waals surface area contributed by atoms with Crippen molar-refractivity contribution in [3.63, 3.8) is 0 Å². The van der Waals surface area contributed by atoms with E-state index < -0.39 is 6.10 Å². The molecule has 0 radical (unpaired) electrons. The SMILES string of the molecule is CO[C@H](C(=O)NCc1ccc(Cl)cc1)c1ccccc1. The van der Waals surface area contributed by atoms with E-state index in [4.69, 9.17) is 16.3 Å². The first-order chi connectivity index (χ1) is 9.70. The lowest BCUT2D eigenvalue weighted by Crippen LogP contribution is -2.29. The highest BCUT2D eigenvalue weighted by Gasteiger charge is 2.19. The van der Waals surface area contributed by atoms with Crippen LogP contribution in [0.25, 0.3) is 0 Å². The van der Waals surface area contributed by atoms with Gasteiger partial charge in [-0.25, -0.2) is 0 Å². The molecule has 1 amide bonds. The molecule has 0 heterocycles. The van der Waals surface area contributed by atoms with E-state index in [-0.39, 0.29) is 5.91 Å². The van der Waals surface area contributed by atoms with Gasteiger partial charge in [0.1, 0.15) is 0 Å². The molecule has 0 spiro atoms. The molecule has 0 aliphatic rings. The number of carbonyl (C=O) groups is 1. The first-order valence-electron chi connectivity index (χ1n) is 6.30. The van der Waals surface area contributed by atoms with Crippen LogP contribution in [0.3, 0.4) is 0 Å². The maximum absolute atomic E-state index is 12.2. The summed E-state index contributed by atoms with van der Waals surface area (Å²) >= 11 is 5.82. The van der Waals surface area contributed by atoms with Crippen molar-refractivity contribution in [2.24, 2.45) is 0 Å². The highest BCUT2D eigenvalue weighted by atomic mass is 35.5. The van der Waals surface area contributed by atoms with Crippen molar-refractivity contribution in [2.75, 3.05) is 7.11 Å². The highest BCUT2D eigenvalue weighted by Crippen LogP contribution is 2.16. The third-order valence-corrected chi connectivity index (χ3v) is 3.21. The van der Waals surface area contributed by atoms with Crippen LogP contribution < -0.4 is 5.32 Å². The van der Waals surface area contributed by atoms with E-state index in [1.165, 1.54) is 7.11 Å². The van der Waals surface area contributed by atoms with Gasteiger partial charge < -0.3 is 10.1 Å². The van der Waals surface area contributed by atoms with Crippen LogP contribution in [0.5, 0.6) is 0 Å². The van der Waals surface area contributed by atoms with Crippen molar-refractivity contribution in [1.82, 2.24) is 5.32 Å². The summed E-state index contributed by atoms with van der Waals surface area (Å²) in [4.78, 5) is 12.2. The first-order valence-corrected chi connectivity index (χ1v) is 6.68. The predicted molar refractivity (Wildman–Crippen MR) is 79.5 cm³/mol. The lowest BCUT2D eigenvalue weighted by molar-refractivity contribution is -0.131. The van der Waals surface area contributed by atoms with E-state index in [2.05, 4.69) is 5.32 Å². The molecule has 1 atom stereocenters. The van der Waals surface area contributed by atoms with Crippen molar-refractivity contribution in [1.29, 1.82) is 0 Å². The number of nitrogens with one attached hydrogen (secondary N) is 1. The Morgan fingerprint density at radius 2 is 1.80 bits per heavy atom. The Kier molecular flexibility index (Phi) is 5.16. The summed E-state index contributed by atoms with van der Waals surface area (Å²) in [6, 6.07) is 16.8. The van der Waals surface area contributed by atoms with Gasteiger partial charge in [0.05, 0.1) is 0 Å². The molecular formula is C16H16ClNO2. The number of benzene rings is 2. The van der Waals surface area contributed by atoms with Gasteiger partial charge >= 0.3 is 0 Å². The molecule has 1 N–H and O–H groups in total. The lowest BCUT2D eigenvalue weighted by atomic mass is 10.1. The average Bonchev–Trinajstić information content (AvgIpc) is 2.48. The van der Waals surface area contributed by atoms with Gasteiger partial charge in [-0.15, -0.1) is 0 Å². The minimum atomic E-state index is -0.594. The summed E-state index contributed by atoms with van der Waals surface area (Å²) in [5.41, 5.74) is 1.83. The Labute approximate surface area is 123 Å². The van der Waals surface area contributed by atoms with Gasteiger partial charge in [-0.2, -0.15) is 0 Å². The van der Waals surface area contributed by atoms with Gasteiger partial charge in [-0.1, -0.05) is 54.1 Å². The normalized spacial score (nSPS) is 11.9. The molecule has 0 unspecified atom stereocenters. The number of ether oxygens (including phenoxy) is 1. The van der Waals surface area contributed by atoms with Crippen molar-refractivity contribution in [3.8, 4) is 0 Å². The van der Waals surface area contributed by atoms with Crippen molar-refractivity contribution >= 4 is 17.5 Å². The number of hydrogen-bond acceptors (Lipinski definition) is 2.